The summed E-state index contributed by atoms with van der Waals surface area (Å²) in [5, 5.41) is 10.3. The van der Waals surface area contributed by atoms with Gasteiger partial charge in [0.05, 0.1) is 12.7 Å². The monoisotopic (exact) mass is 265 g/mol. The van der Waals surface area contributed by atoms with Gasteiger partial charge in [-0.05, 0) is 39.8 Å². The number of benzene rings is 1. The van der Waals surface area contributed by atoms with Crippen LogP contribution < -0.4 is 0 Å². The number of rotatable bonds is 7. The summed E-state index contributed by atoms with van der Waals surface area (Å²) in [5.41, 5.74) is 3.43. The molecule has 0 aliphatic carbocycles. The van der Waals surface area contributed by atoms with Gasteiger partial charge in [0.2, 0.25) is 0 Å². The largest absolute Gasteiger partial charge is 0.388 e. The summed E-state index contributed by atoms with van der Waals surface area (Å²) in [6.45, 7) is 7.84. The first-order chi connectivity index (χ1) is 8.93. The molecule has 0 radical (unpaired) electrons. The first-order valence-corrected chi connectivity index (χ1v) is 6.89. The highest BCUT2D eigenvalue weighted by atomic mass is 16.5. The highest BCUT2D eigenvalue weighted by Crippen LogP contribution is 2.20. The summed E-state index contributed by atoms with van der Waals surface area (Å²) in [7, 11) is 3.78. The van der Waals surface area contributed by atoms with Crippen molar-refractivity contribution >= 4 is 0 Å². The standard InChI is InChI=1S/C16H27NO2/c1-12-8-13(2)10-15(9-12)16(18)6-7-17(4)14(3)11-19-5/h8-10,14,16,18H,6-7,11H2,1-5H3. The van der Waals surface area contributed by atoms with Gasteiger partial charge in [0.1, 0.15) is 0 Å². The third kappa shape index (κ3) is 5.31. The third-order valence-corrected chi connectivity index (χ3v) is 3.54. The summed E-state index contributed by atoms with van der Waals surface area (Å²) >= 11 is 0. The zero-order valence-corrected chi connectivity index (χ0v) is 12.8. The van der Waals surface area contributed by atoms with Gasteiger partial charge in [-0.25, -0.2) is 0 Å². The molecule has 0 aromatic heterocycles. The number of hydrogen-bond acceptors (Lipinski definition) is 3. The first-order valence-electron chi connectivity index (χ1n) is 6.89. The second kappa shape index (κ2) is 7.63. The van der Waals surface area contributed by atoms with Gasteiger partial charge in [0.15, 0.2) is 0 Å². The van der Waals surface area contributed by atoms with E-state index < -0.39 is 6.10 Å². The molecule has 0 bridgehead atoms. The molecule has 0 aliphatic heterocycles. The van der Waals surface area contributed by atoms with Crippen LogP contribution >= 0.6 is 0 Å². The maximum absolute atomic E-state index is 10.3. The molecule has 1 aromatic carbocycles. The third-order valence-electron chi connectivity index (χ3n) is 3.54. The minimum absolute atomic E-state index is 0.372. The minimum Gasteiger partial charge on any atom is -0.388 e. The Morgan fingerprint density at radius 3 is 2.32 bits per heavy atom. The van der Waals surface area contributed by atoms with Gasteiger partial charge in [0, 0.05) is 19.7 Å². The minimum atomic E-state index is -0.393. The molecule has 1 rings (SSSR count). The molecule has 108 valence electrons. The van der Waals surface area contributed by atoms with Crippen LogP contribution in [0.25, 0.3) is 0 Å². The van der Waals surface area contributed by atoms with Gasteiger partial charge in [-0.1, -0.05) is 29.3 Å². The van der Waals surface area contributed by atoms with Gasteiger partial charge in [0.25, 0.3) is 0 Å². The molecule has 3 heteroatoms. The summed E-state index contributed by atoms with van der Waals surface area (Å²) in [6, 6.07) is 6.63. The van der Waals surface area contributed by atoms with E-state index in [1.807, 2.05) is 0 Å². The molecule has 0 saturated carbocycles. The maximum Gasteiger partial charge on any atom is 0.0802 e. The lowest BCUT2D eigenvalue weighted by atomic mass is 10.0. The van der Waals surface area contributed by atoms with Crippen LogP contribution in [-0.2, 0) is 4.74 Å². The zero-order chi connectivity index (χ0) is 14.4. The van der Waals surface area contributed by atoms with Crippen molar-refractivity contribution in [3.63, 3.8) is 0 Å². The van der Waals surface area contributed by atoms with Crippen LogP contribution in [0.1, 0.15) is 36.1 Å². The number of ether oxygens (including phenoxy) is 1. The Labute approximate surface area is 117 Å². The zero-order valence-electron chi connectivity index (χ0n) is 12.8. The SMILES string of the molecule is COCC(C)N(C)CCC(O)c1cc(C)cc(C)c1. The van der Waals surface area contributed by atoms with Crippen LogP contribution in [0.2, 0.25) is 0 Å². The summed E-state index contributed by atoms with van der Waals surface area (Å²) in [4.78, 5) is 2.22. The van der Waals surface area contributed by atoms with Crippen molar-refractivity contribution in [2.75, 3.05) is 27.3 Å². The molecule has 1 N–H and O–H groups in total. The van der Waals surface area contributed by atoms with Crippen LogP contribution in [-0.4, -0.2) is 43.4 Å². The van der Waals surface area contributed by atoms with Gasteiger partial charge in [-0.3, -0.25) is 0 Å². The Balaban J connectivity index is 2.53. The molecule has 2 unspecified atom stereocenters. The van der Waals surface area contributed by atoms with Crippen LogP contribution in [0, 0.1) is 13.8 Å². The number of nitrogens with zero attached hydrogens (tertiary/aromatic N) is 1. The summed E-state index contributed by atoms with van der Waals surface area (Å²) < 4.78 is 5.14. The van der Waals surface area contributed by atoms with E-state index in [-0.39, 0.29) is 0 Å². The number of methoxy groups -OCH3 is 1. The second-order valence-electron chi connectivity index (χ2n) is 5.51. The van der Waals surface area contributed by atoms with Crippen molar-refractivity contribution in [1.82, 2.24) is 4.90 Å². The highest BCUT2D eigenvalue weighted by molar-refractivity contribution is 5.29. The van der Waals surface area contributed by atoms with E-state index in [9.17, 15) is 5.11 Å². The fourth-order valence-electron chi connectivity index (χ4n) is 2.28. The molecular weight excluding hydrogens is 238 g/mol. The van der Waals surface area contributed by atoms with Gasteiger partial charge < -0.3 is 14.7 Å². The van der Waals surface area contributed by atoms with Gasteiger partial charge in [-0.2, -0.15) is 0 Å². The van der Waals surface area contributed by atoms with Gasteiger partial charge >= 0.3 is 0 Å². The quantitative estimate of drug-likeness (QED) is 0.823. The lowest BCUT2D eigenvalue weighted by molar-refractivity contribution is 0.0960. The lowest BCUT2D eigenvalue weighted by Crippen LogP contribution is -2.34. The van der Waals surface area contributed by atoms with Crippen molar-refractivity contribution in [3.05, 3.63) is 34.9 Å². The van der Waals surface area contributed by atoms with Crippen LogP contribution in [0.3, 0.4) is 0 Å². The fourth-order valence-corrected chi connectivity index (χ4v) is 2.28. The number of aliphatic hydroxyl groups excluding tert-OH is 1. The van der Waals surface area contributed by atoms with Crippen molar-refractivity contribution in [2.45, 2.75) is 39.3 Å². The van der Waals surface area contributed by atoms with Crippen LogP contribution in [0.4, 0.5) is 0 Å². The van der Waals surface area contributed by atoms with E-state index in [1.165, 1.54) is 11.1 Å². The first kappa shape index (κ1) is 16.2. The molecule has 0 aliphatic rings. The average Bonchev–Trinajstić information content (AvgIpc) is 2.34. The van der Waals surface area contributed by atoms with Gasteiger partial charge in [-0.15, -0.1) is 0 Å². The fraction of sp³-hybridized carbons (Fsp3) is 0.625. The Morgan fingerprint density at radius 2 is 1.79 bits per heavy atom. The number of hydrogen-bond donors (Lipinski definition) is 1. The number of likely N-dealkylation sites (N-methyl/N-ethyl adjacent to an activating group) is 1. The van der Waals surface area contributed by atoms with E-state index in [0.29, 0.717) is 6.04 Å². The van der Waals surface area contributed by atoms with Crippen molar-refractivity contribution in [1.29, 1.82) is 0 Å². The molecule has 0 heterocycles. The van der Waals surface area contributed by atoms with Crippen molar-refractivity contribution < 1.29 is 9.84 Å². The topological polar surface area (TPSA) is 32.7 Å². The number of aliphatic hydroxyl groups is 1. The molecule has 2 atom stereocenters. The molecular formula is C16H27NO2. The Kier molecular flexibility index (Phi) is 6.49. The second-order valence-corrected chi connectivity index (χ2v) is 5.51. The predicted octanol–water partition coefficient (Wildman–Crippen LogP) is 2.69. The normalized spacial score (nSPS) is 14.7. The number of aryl methyl sites for hydroxylation is 2. The Bertz CT molecular complexity index is 372. The molecule has 0 spiro atoms. The van der Waals surface area contributed by atoms with E-state index in [4.69, 9.17) is 4.74 Å². The highest BCUT2D eigenvalue weighted by Gasteiger charge is 2.13. The molecule has 19 heavy (non-hydrogen) atoms. The van der Waals surface area contributed by atoms with Crippen molar-refractivity contribution in [3.8, 4) is 0 Å². The molecule has 3 nitrogen and oxygen atoms in total. The summed E-state index contributed by atoms with van der Waals surface area (Å²) in [6.07, 6.45) is 0.351. The lowest BCUT2D eigenvalue weighted by Gasteiger charge is -2.25. The van der Waals surface area contributed by atoms with Crippen LogP contribution in [0.5, 0.6) is 0 Å². The molecule has 0 saturated heterocycles. The van der Waals surface area contributed by atoms with Crippen molar-refractivity contribution in [2.24, 2.45) is 0 Å². The molecule has 0 amide bonds. The van der Waals surface area contributed by atoms with E-state index in [2.05, 4.69) is 50.9 Å². The Hall–Kier alpha value is -0.900. The smallest absolute Gasteiger partial charge is 0.0802 e. The molecule has 0 fully saturated rings. The van der Waals surface area contributed by atoms with Crippen LogP contribution in [0.15, 0.2) is 18.2 Å². The maximum atomic E-state index is 10.3. The van der Waals surface area contributed by atoms with E-state index in [1.54, 1.807) is 7.11 Å². The average molecular weight is 265 g/mol. The molecule has 1 aromatic rings. The summed E-state index contributed by atoms with van der Waals surface area (Å²) in [5.74, 6) is 0. The van der Waals surface area contributed by atoms with E-state index >= 15 is 0 Å². The predicted molar refractivity (Wildman–Crippen MR) is 79.5 cm³/mol. The Morgan fingerprint density at radius 1 is 1.21 bits per heavy atom. The van der Waals surface area contributed by atoms with E-state index in [0.717, 1.165) is 25.1 Å².